The van der Waals surface area contributed by atoms with Crippen LogP contribution in [0.15, 0.2) is 30.5 Å². The number of nitrogens with zero attached hydrogens (tertiary/aromatic N) is 7. The lowest BCUT2D eigenvalue weighted by Crippen LogP contribution is -2.36. The zero-order valence-electron chi connectivity index (χ0n) is 17.8. The van der Waals surface area contributed by atoms with Crippen molar-refractivity contribution in [3.63, 3.8) is 0 Å². The molecule has 6 heterocycles. The molecule has 2 aliphatic rings. The number of piperidine rings is 1. The molecule has 32 heavy (non-hydrogen) atoms. The van der Waals surface area contributed by atoms with Crippen molar-refractivity contribution in [2.75, 3.05) is 24.5 Å². The molecule has 8 nitrogen and oxygen atoms in total. The van der Waals surface area contributed by atoms with Crippen molar-refractivity contribution in [3.8, 4) is 6.07 Å². The number of pyridine rings is 2. The largest absolute Gasteiger partial charge is 0.362 e. The Balaban J connectivity index is 1.41. The van der Waals surface area contributed by atoms with Crippen molar-refractivity contribution >= 4 is 22.2 Å². The van der Waals surface area contributed by atoms with E-state index in [2.05, 4.69) is 45.1 Å². The molecule has 1 fully saturated rings. The SMILES string of the molecule is C[C@@H]1CN(c2ccc(C#N)n3ncc(F)c23)Cc2c3ccc(C4CCNCC4)nc3nn21. The first-order valence-corrected chi connectivity index (χ1v) is 11.0. The second kappa shape index (κ2) is 7.28. The molecule has 162 valence electrons. The molecule has 1 saturated heterocycles. The summed E-state index contributed by atoms with van der Waals surface area (Å²) in [6.45, 7) is 5.43. The molecule has 0 aromatic carbocycles. The molecule has 4 aromatic rings. The number of aromatic nitrogens is 5. The molecule has 0 saturated carbocycles. The molecule has 0 radical (unpaired) electrons. The van der Waals surface area contributed by atoms with Crippen LogP contribution in [0.5, 0.6) is 0 Å². The highest BCUT2D eigenvalue weighted by Gasteiger charge is 2.29. The lowest BCUT2D eigenvalue weighted by atomic mass is 9.94. The van der Waals surface area contributed by atoms with Gasteiger partial charge in [0.2, 0.25) is 0 Å². The number of hydrogen-bond acceptors (Lipinski definition) is 6. The number of halogens is 1. The molecule has 0 unspecified atom stereocenters. The van der Waals surface area contributed by atoms with E-state index in [4.69, 9.17) is 10.1 Å². The first kappa shape index (κ1) is 19.2. The van der Waals surface area contributed by atoms with Gasteiger partial charge in [0.1, 0.15) is 17.3 Å². The highest BCUT2D eigenvalue weighted by atomic mass is 19.1. The van der Waals surface area contributed by atoms with Gasteiger partial charge >= 0.3 is 0 Å². The van der Waals surface area contributed by atoms with Crippen LogP contribution in [0.4, 0.5) is 10.1 Å². The van der Waals surface area contributed by atoms with E-state index in [0.717, 1.165) is 54.0 Å². The van der Waals surface area contributed by atoms with E-state index in [1.165, 1.54) is 10.7 Å². The van der Waals surface area contributed by atoms with Crippen LogP contribution in [0, 0.1) is 17.1 Å². The van der Waals surface area contributed by atoms with Crippen molar-refractivity contribution in [1.82, 2.24) is 29.7 Å². The van der Waals surface area contributed by atoms with Crippen molar-refractivity contribution in [2.45, 2.75) is 38.3 Å². The van der Waals surface area contributed by atoms with Gasteiger partial charge in [-0.15, -0.1) is 0 Å². The molecule has 0 aliphatic carbocycles. The maximum atomic E-state index is 14.6. The Morgan fingerprint density at radius 1 is 1.19 bits per heavy atom. The van der Waals surface area contributed by atoms with Gasteiger partial charge < -0.3 is 10.2 Å². The third-order valence-electron chi connectivity index (χ3n) is 6.74. The lowest BCUT2D eigenvalue weighted by molar-refractivity contribution is 0.429. The summed E-state index contributed by atoms with van der Waals surface area (Å²) >= 11 is 0. The van der Waals surface area contributed by atoms with Gasteiger partial charge in [0.15, 0.2) is 11.5 Å². The summed E-state index contributed by atoms with van der Waals surface area (Å²) in [5, 5.41) is 22.7. The van der Waals surface area contributed by atoms with Crippen LogP contribution in [0.25, 0.3) is 16.6 Å². The Hall–Kier alpha value is -3.51. The Bertz CT molecular complexity index is 1370. The third kappa shape index (κ3) is 2.87. The normalized spacial score (nSPS) is 19.4. The van der Waals surface area contributed by atoms with E-state index < -0.39 is 5.82 Å². The number of hydrogen-bond donors (Lipinski definition) is 1. The summed E-state index contributed by atoms with van der Waals surface area (Å²) in [4.78, 5) is 7.07. The molecule has 0 spiro atoms. The van der Waals surface area contributed by atoms with E-state index in [0.29, 0.717) is 30.2 Å². The van der Waals surface area contributed by atoms with Crippen molar-refractivity contribution in [3.05, 3.63) is 53.4 Å². The molecule has 0 bridgehead atoms. The van der Waals surface area contributed by atoms with Gasteiger partial charge in [0, 0.05) is 23.5 Å². The van der Waals surface area contributed by atoms with Crippen molar-refractivity contribution in [1.29, 1.82) is 5.26 Å². The van der Waals surface area contributed by atoms with Gasteiger partial charge in [0.25, 0.3) is 0 Å². The quantitative estimate of drug-likeness (QED) is 0.526. The average Bonchev–Trinajstić information content (AvgIpc) is 3.40. The summed E-state index contributed by atoms with van der Waals surface area (Å²) in [6.07, 6.45) is 3.36. The maximum absolute atomic E-state index is 14.6. The van der Waals surface area contributed by atoms with E-state index in [1.54, 1.807) is 6.07 Å². The Kier molecular flexibility index (Phi) is 4.36. The molecule has 1 N–H and O–H groups in total. The second-order valence-electron chi connectivity index (χ2n) is 8.72. The fraction of sp³-hybridized carbons (Fsp3) is 0.391. The van der Waals surface area contributed by atoms with Gasteiger partial charge in [-0.2, -0.15) is 15.5 Å². The lowest BCUT2D eigenvalue weighted by Gasteiger charge is -2.34. The van der Waals surface area contributed by atoms with Gasteiger partial charge in [0.05, 0.1) is 30.2 Å². The number of nitriles is 1. The van der Waals surface area contributed by atoms with Crippen LogP contribution in [-0.4, -0.2) is 44.0 Å². The smallest absolute Gasteiger partial charge is 0.181 e. The van der Waals surface area contributed by atoms with Crippen LogP contribution >= 0.6 is 0 Å². The monoisotopic (exact) mass is 430 g/mol. The van der Waals surface area contributed by atoms with Crippen molar-refractivity contribution in [2.24, 2.45) is 0 Å². The number of nitrogens with one attached hydrogen (secondary N) is 1. The first-order chi connectivity index (χ1) is 15.6. The van der Waals surface area contributed by atoms with E-state index in [1.807, 2.05) is 6.07 Å². The summed E-state index contributed by atoms with van der Waals surface area (Å²) < 4.78 is 18.1. The Labute approximate surface area is 184 Å². The van der Waals surface area contributed by atoms with Gasteiger partial charge in [-0.3, -0.25) is 4.68 Å². The highest BCUT2D eigenvalue weighted by Crippen LogP contribution is 2.34. The fourth-order valence-electron chi connectivity index (χ4n) is 5.13. The minimum Gasteiger partial charge on any atom is -0.362 e. The zero-order chi connectivity index (χ0) is 21.8. The summed E-state index contributed by atoms with van der Waals surface area (Å²) in [5.41, 5.74) is 4.35. The van der Waals surface area contributed by atoms with E-state index in [9.17, 15) is 9.65 Å². The summed E-state index contributed by atoms with van der Waals surface area (Å²) in [6, 6.07) is 9.96. The van der Waals surface area contributed by atoms with Crippen LogP contribution < -0.4 is 10.2 Å². The van der Waals surface area contributed by atoms with E-state index in [-0.39, 0.29) is 6.04 Å². The fourth-order valence-corrected chi connectivity index (χ4v) is 5.13. The van der Waals surface area contributed by atoms with Gasteiger partial charge in [-0.1, -0.05) is 0 Å². The molecular weight excluding hydrogens is 407 g/mol. The predicted octanol–water partition coefficient (Wildman–Crippen LogP) is 3.14. The maximum Gasteiger partial charge on any atom is 0.181 e. The molecule has 0 amide bonds. The minimum absolute atomic E-state index is 0.0944. The van der Waals surface area contributed by atoms with Gasteiger partial charge in [-0.05, 0) is 57.1 Å². The van der Waals surface area contributed by atoms with Crippen LogP contribution in [-0.2, 0) is 6.54 Å². The molecule has 4 aromatic heterocycles. The van der Waals surface area contributed by atoms with Crippen molar-refractivity contribution < 1.29 is 4.39 Å². The topological polar surface area (TPSA) is 87.1 Å². The Morgan fingerprint density at radius 3 is 2.84 bits per heavy atom. The van der Waals surface area contributed by atoms with Crippen LogP contribution in [0.2, 0.25) is 0 Å². The summed E-state index contributed by atoms with van der Waals surface area (Å²) in [7, 11) is 0. The standard InChI is InChI=1S/C23H23FN8/c1-14-12-30(20-5-2-16(10-25)32-22(20)18(24)11-27-32)13-21-17-3-4-19(15-6-8-26-9-7-15)28-23(17)29-31(14)21/h2-5,11,14-15,26H,6-9,12-13H2,1H3/t14-/m1/s1. The Morgan fingerprint density at radius 2 is 2.03 bits per heavy atom. The molecule has 2 aliphatic heterocycles. The second-order valence-corrected chi connectivity index (χ2v) is 8.72. The van der Waals surface area contributed by atoms with E-state index >= 15 is 0 Å². The number of anilines is 1. The zero-order valence-corrected chi connectivity index (χ0v) is 17.8. The van der Waals surface area contributed by atoms with Crippen LogP contribution in [0.3, 0.4) is 0 Å². The van der Waals surface area contributed by atoms with Gasteiger partial charge in [-0.25, -0.2) is 13.9 Å². The predicted molar refractivity (Wildman–Crippen MR) is 118 cm³/mol. The third-order valence-corrected chi connectivity index (χ3v) is 6.74. The molecule has 9 heteroatoms. The summed E-state index contributed by atoms with van der Waals surface area (Å²) in [5.74, 6) is 0.0482. The number of rotatable bonds is 2. The molecular formula is C23H23FN8. The molecule has 6 rings (SSSR count). The first-order valence-electron chi connectivity index (χ1n) is 11.0. The number of fused-ring (bicyclic) bond motifs is 4. The highest BCUT2D eigenvalue weighted by molar-refractivity contribution is 5.80. The minimum atomic E-state index is -0.429. The molecule has 1 atom stereocenters. The average molecular weight is 430 g/mol. The van der Waals surface area contributed by atoms with Crippen LogP contribution in [0.1, 0.15) is 48.8 Å².